The third-order valence-electron chi connectivity index (χ3n) is 5.98. The van der Waals surface area contributed by atoms with E-state index in [9.17, 15) is 14.7 Å². The van der Waals surface area contributed by atoms with Gasteiger partial charge >= 0.3 is 5.97 Å². The maximum atomic E-state index is 12.7. The number of carboxylic acid groups (broad SMARTS) is 1. The maximum Gasteiger partial charge on any atom is 0.341 e. The Labute approximate surface area is 166 Å². The van der Waals surface area contributed by atoms with Gasteiger partial charge in [-0.25, -0.2) is 4.79 Å². The minimum absolute atomic E-state index is 0.138. The topological polar surface area (TPSA) is 62.0 Å². The first-order valence-corrected chi connectivity index (χ1v) is 10.5. The van der Waals surface area contributed by atoms with E-state index in [1.165, 1.54) is 19.7 Å². The fourth-order valence-electron chi connectivity index (χ4n) is 4.33. The number of hydrogen-bond acceptors (Lipinski definition) is 4. The van der Waals surface area contributed by atoms with Crippen LogP contribution in [0.2, 0.25) is 0 Å². The summed E-state index contributed by atoms with van der Waals surface area (Å²) in [6.45, 7) is 4.12. The quantitative estimate of drug-likeness (QED) is 0.732. The molecular weight excluding hydrogens is 372 g/mol. The van der Waals surface area contributed by atoms with E-state index >= 15 is 0 Å². The molecule has 5 nitrogen and oxygen atoms in total. The first-order chi connectivity index (χ1) is 13.4. The van der Waals surface area contributed by atoms with Crippen molar-refractivity contribution in [3.8, 4) is 10.4 Å². The van der Waals surface area contributed by atoms with E-state index < -0.39 is 11.5 Å². The molecule has 5 rings (SSSR count). The zero-order chi connectivity index (χ0) is 19.6. The lowest BCUT2D eigenvalue weighted by Crippen LogP contribution is -2.25. The Morgan fingerprint density at radius 3 is 2.79 bits per heavy atom. The Morgan fingerprint density at radius 1 is 1.29 bits per heavy atom. The Bertz CT molecular complexity index is 1190. The van der Waals surface area contributed by atoms with Gasteiger partial charge in [-0.15, -0.1) is 11.3 Å². The first-order valence-electron chi connectivity index (χ1n) is 9.66. The summed E-state index contributed by atoms with van der Waals surface area (Å²) in [6, 6.07) is 5.87. The summed E-state index contributed by atoms with van der Waals surface area (Å²) in [7, 11) is 2.15. The van der Waals surface area contributed by atoms with Crippen LogP contribution in [0.3, 0.4) is 0 Å². The van der Waals surface area contributed by atoms with E-state index in [0.29, 0.717) is 5.92 Å². The van der Waals surface area contributed by atoms with Gasteiger partial charge in [0.05, 0.1) is 5.52 Å². The normalized spacial score (nSPS) is 17.1. The van der Waals surface area contributed by atoms with E-state index in [0.717, 1.165) is 54.6 Å². The largest absolute Gasteiger partial charge is 0.477 e. The molecule has 2 aliphatic rings. The van der Waals surface area contributed by atoms with Crippen molar-refractivity contribution in [3.63, 3.8) is 0 Å². The van der Waals surface area contributed by atoms with Gasteiger partial charge in [0.25, 0.3) is 5.56 Å². The van der Waals surface area contributed by atoms with Crippen LogP contribution in [0.5, 0.6) is 0 Å². The molecule has 0 atom stereocenters. The molecule has 0 bridgehead atoms. The lowest BCUT2D eigenvalue weighted by Gasteiger charge is -2.21. The van der Waals surface area contributed by atoms with Crippen molar-refractivity contribution >= 4 is 22.8 Å². The van der Waals surface area contributed by atoms with Crippen LogP contribution in [0.25, 0.3) is 16.0 Å². The Balaban J connectivity index is 1.74. The van der Waals surface area contributed by atoms with Crippen LogP contribution >= 0.6 is 11.3 Å². The summed E-state index contributed by atoms with van der Waals surface area (Å²) in [4.78, 5) is 29.3. The van der Waals surface area contributed by atoms with E-state index in [-0.39, 0.29) is 5.56 Å². The molecule has 1 aliphatic carbocycles. The van der Waals surface area contributed by atoms with E-state index in [2.05, 4.69) is 24.9 Å². The second kappa shape index (κ2) is 6.29. The smallest absolute Gasteiger partial charge is 0.341 e. The van der Waals surface area contributed by atoms with Gasteiger partial charge in [0, 0.05) is 29.0 Å². The molecule has 1 N–H and O–H groups in total. The second-order valence-electron chi connectivity index (χ2n) is 8.02. The summed E-state index contributed by atoms with van der Waals surface area (Å²) >= 11 is 1.85. The van der Waals surface area contributed by atoms with Crippen molar-refractivity contribution in [2.75, 3.05) is 13.6 Å². The number of rotatable bonds is 3. The van der Waals surface area contributed by atoms with E-state index in [1.807, 2.05) is 17.4 Å². The summed E-state index contributed by atoms with van der Waals surface area (Å²) in [6.07, 6.45) is 4.94. The second-order valence-corrected chi connectivity index (χ2v) is 9.15. The van der Waals surface area contributed by atoms with Gasteiger partial charge in [-0.2, -0.15) is 0 Å². The molecule has 0 radical (unpaired) electrons. The maximum absolute atomic E-state index is 12.7. The number of aromatic carboxylic acids is 1. The molecule has 0 aromatic carbocycles. The third kappa shape index (κ3) is 2.71. The van der Waals surface area contributed by atoms with Crippen molar-refractivity contribution in [1.29, 1.82) is 0 Å². The van der Waals surface area contributed by atoms with Crippen LogP contribution in [0, 0.1) is 6.92 Å². The van der Waals surface area contributed by atoms with Crippen molar-refractivity contribution < 1.29 is 9.90 Å². The van der Waals surface area contributed by atoms with Crippen molar-refractivity contribution in [2.24, 2.45) is 0 Å². The van der Waals surface area contributed by atoms with Crippen LogP contribution in [0.15, 0.2) is 29.2 Å². The van der Waals surface area contributed by atoms with Crippen molar-refractivity contribution in [3.05, 3.63) is 61.9 Å². The molecule has 1 fully saturated rings. The molecule has 28 heavy (non-hydrogen) atoms. The highest BCUT2D eigenvalue weighted by Crippen LogP contribution is 2.44. The van der Waals surface area contributed by atoms with Crippen LogP contribution in [-0.4, -0.2) is 34.0 Å². The predicted molar refractivity (Wildman–Crippen MR) is 111 cm³/mol. The molecule has 144 valence electrons. The number of fused-ring (bicyclic) bond motifs is 2. The molecule has 3 aromatic heterocycles. The number of likely N-dealkylation sites (N-methyl/N-ethyl adjacent to an activating group) is 1. The van der Waals surface area contributed by atoms with Gasteiger partial charge < -0.3 is 10.0 Å². The van der Waals surface area contributed by atoms with Crippen LogP contribution in [-0.2, 0) is 13.0 Å². The molecule has 0 unspecified atom stereocenters. The lowest BCUT2D eigenvalue weighted by atomic mass is 9.99. The average Bonchev–Trinajstić information content (AvgIpc) is 3.41. The van der Waals surface area contributed by atoms with Gasteiger partial charge in [0.1, 0.15) is 5.56 Å². The molecule has 0 spiro atoms. The predicted octanol–water partition coefficient (Wildman–Crippen LogP) is 3.90. The van der Waals surface area contributed by atoms with Gasteiger partial charge in [0.2, 0.25) is 0 Å². The number of nitrogens with zero attached hydrogens (tertiary/aromatic N) is 2. The number of carbonyl (C=O) groups is 1. The van der Waals surface area contributed by atoms with Crippen LogP contribution in [0.4, 0.5) is 0 Å². The highest BCUT2D eigenvalue weighted by atomic mass is 32.1. The van der Waals surface area contributed by atoms with Crippen molar-refractivity contribution in [2.45, 2.75) is 38.6 Å². The Hall–Kier alpha value is -2.44. The van der Waals surface area contributed by atoms with Crippen LogP contribution < -0.4 is 5.56 Å². The summed E-state index contributed by atoms with van der Waals surface area (Å²) in [5.41, 5.74) is 4.90. The Morgan fingerprint density at radius 2 is 2.07 bits per heavy atom. The first kappa shape index (κ1) is 17.6. The zero-order valence-corrected chi connectivity index (χ0v) is 16.8. The SMILES string of the molecule is Cc1c(-c2cc3c(s2)CCN(C)C3)ccn2c(=O)c(C(=O)O)cc(C3CC3)c12. The average molecular weight is 394 g/mol. The third-order valence-corrected chi connectivity index (χ3v) is 7.25. The van der Waals surface area contributed by atoms with Gasteiger partial charge in [0.15, 0.2) is 0 Å². The highest BCUT2D eigenvalue weighted by molar-refractivity contribution is 7.15. The molecule has 0 amide bonds. The van der Waals surface area contributed by atoms with Crippen molar-refractivity contribution in [1.82, 2.24) is 9.30 Å². The van der Waals surface area contributed by atoms with E-state index in [4.69, 9.17) is 0 Å². The standard InChI is InChI=1S/C22H22N2O3S/c1-12-15(19-9-14-11-23(2)7-6-18(14)28-19)5-8-24-20(12)16(13-3-4-13)10-17(21(24)25)22(26)27/h5,8-10,13H,3-4,6-7,11H2,1-2H3,(H,26,27). The molecule has 4 heterocycles. The monoisotopic (exact) mass is 394 g/mol. The van der Waals surface area contributed by atoms with Gasteiger partial charge in [-0.05, 0) is 79.6 Å². The number of aromatic nitrogens is 1. The lowest BCUT2D eigenvalue weighted by molar-refractivity contribution is 0.0694. The number of aryl methyl sites for hydroxylation is 1. The Kier molecular flexibility index (Phi) is 3.96. The fraction of sp³-hybridized carbons (Fsp3) is 0.364. The molecule has 1 saturated carbocycles. The summed E-state index contributed by atoms with van der Waals surface area (Å²) in [5, 5.41) is 9.45. The number of thiophene rings is 1. The summed E-state index contributed by atoms with van der Waals surface area (Å²) in [5.74, 6) is -0.800. The zero-order valence-electron chi connectivity index (χ0n) is 16.0. The number of pyridine rings is 2. The molecule has 0 saturated heterocycles. The van der Waals surface area contributed by atoms with Crippen LogP contribution in [0.1, 0.15) is 50.7 Å². The fourth-order valence-corrected chi connectivity index (χ4v) is 5.58. The number of carboxylic acids is 1. The van der Waals surface area contributed by atoms with E-state index in [1.54, 1.807) is 12.3 Å². The highest BCUT2D eigenvalue weighted by Gasteiger charge is 2.29. The van der Waals surface area contributed by atoms with Gasteiger partial charge in [-0.1, -0.05) is 0 Å². The minimum atomic E-state index is -1.15. The molecule has 3 aromatic rings. The molecule has 1 aliphatic heterocycles. The summed E-state index contributed by atoms with van der Waals surface area (Å²) < 4.78 is 1.54. The van der Waals surface area contributed by atoms with Gasteiger partial charge in [-0.3, -0.25) is 9.20 Å². The number of hydrogen-bond donors (Lipinski definition) is 1. The minimum Gasteiger partial charge on any atom is -0.477 e. The molecular formula is C22H22N2O3S. The molecule has 6 heteroatoms.